The molecule has 0 aromatic carbocycles. The fourth-order valence-electron chi connectivity index (χ4n) is 2.19. The molecule has 5 nitrogen and oxygen atoms in total. The molecule has 2 fully saturated rings. The summed E-state index contributed by atoms with van der Waals surface area (Å²) in [6.45, 7) is 3.49. The van der Waals surface area contributed by atoms with Crippen LogP contribution in [0.4, 0.5) is 18.0 Å². The summed E-state index contributed by atoms with van der Waals surface area (Å²) in [6.07, 6.45) is -4.35. The Kier molecular flexibility index (Phi) is 3.96. The van der Waals surface area contributed by atoms with Crippen LogP contribution in [0.2, 0.25) is 0 Å². The summed E-state index contributed by atoms with van der Waals surface area (Å²) >= 11 is 0. The van der Waals surface area contributed by atoms with Crippen LogP contribution in [0.15, 0.2) is 0 Å². The number of alkyl halides is 3. The van der Waals surface area contributed by atoms with Gasteiger partial charge in [0.25, 0.3) is 0 Å². The van der Waals surface area contributed by atoms with Crippen LogP contribution in [0.5, 0.6) is 0 Å². The van der Waals surface area contributed by atoms with E-state index in [1.807, 2.05) is 5.32 Å². The average Bonchev–Trinajstić information content (AvgIpc) is 2.25. The van der Waals surface area contributed by atoms with Crippen molar-refractivity contribution in [3.05, 3.63) is 0 Å². The van der Waals surface area contributed by atoms with Crippen molar-refractivity contribution < 1.29 is 18.0 Å². The molecule has 0 radical (unpaired) electrons. The zero-order chi connectivity index (χ0) is 13.2. The normalized spacial score (nSPS) is 22.7. The molecule has 0 aromatic rings. The number of hydrogen-bond acceptors (Lipinski definition) is 3. The van der Waals surface area contributed by atoms with Gasteiger partial charge >= 0.3 is 12.2 Å². The lowest BCUT2D eigenvalue weighted by Crippen LogP contribution is -2.65. The lowest BCUT2D eigenvalue weighted by molar-refractivity contribution is -0.123. The van der Waals surface area contributed by atoms with Gasteiger partial charge in [-0.25, -0.2) is 4.79 Å². The number of halogens is 3. The van der Waals surface area contributed by atoms with Crippen molar-refractivity contribution in [2.24, 2.45) is 0 Å². The molecule has 2 saturated heterocycles. The van der Waals surface area contributed by atoms with Crippen LogP contribution in [-0.2, 0) is 0 Å². The van der Waals surface area contributed by atoms with Gasteiger partial charge in [-0.1, -0.05) is 0 Å². The van der Waals surface area contributed by atoms with E-state index in [1.165, 1.54) is 4.90 Å². The highest BCUT2D eigenvalue weighted by Gasteiger charge is 2.36. The Hall–Kier alpha value is -1.02. The van der Waals surface area contributed by atoms with Gasteiger partial charge < -0.3 is 15.5 Å². The molecule has 2 rings (SSSR count). The Labute approximate surface area is 103 Å². The summed E-state index contributed by atoms with van der Waals surface area (Å²) in [5.41, 5.74) is 0. The fourth-order valence-corrected chi connectivity index (χ4v) is 2.19. The fraction of sp³-hybridized carbons (Fsp3) is 0.900. The van der Waals surface area contributed by atoms with Crippen LogP contribution < -0.4 is 10.6 Å². The third-order valence-corrected chi connectivity index (χ3v) is 3.26. The van der Waals surface area contributed by atoms with Crippen LogP contribution in [-0.4, -0.2) is 73.9 Å². The first-order valence-electron chi connectivity index (χ1n) is 6.00. The number of nitrogens with one attached hydrogen (secondary N) is 2. The summed E-state index contributed by atoms with van der Waals surface area (Å²) in [5, 5.41) is 5.11. The summed E-state index contributed by atoms with van der Waals surface area (Å²) in [7, 11) is 0. The molecule has 104 valence electrons. The second-order valence-corrected chi connectivity index (χ2v) is 4.62. The number of hydrogen-bond donors (Lipinski definition) is 2. The van der Waals surface area contributed by atoms with Crippen LogP contribution in [0.3, 0.4) is 0 Å². The summed E-state index contributed by atoms with van der Waals surface area (Å²) < 4.78 is 35.8. The number of urea groups is 1. The Balaban J connectivity index is 1.67. The molecule has 18 heavy (non-hydrogen) atoms. The first-order chi connectivity index (χ1) is 8.46. The summed E-state index contributed by atoms with van der Waals surface area (Å²) in [4.78, 5) is 15.1. The van der Waals surface area contributed by atoms with Gasteiger partial charge in [0.15, 0.2) is 0 Å². The van der Waals surface area contributed by atoms with Gasteiger partial charge in [0.05, 0.1) is 0 Å². The van der Waals surface area contributed by atoms with Crippen molar-refractivity contribution >= 4 is 6.03 Å². The van der Waals surface area contributed by atoms with Crippen LogP contribution >= 0.6 is 0 Å². The second kappa shape index (κ2) is 5.31. The molecule has 0 unspecified atom stereocenters. The Morgan fingerprint density at radius 3 is 2.44 bits per heavy atom. The van der Waals surface area contributed by atoms with E-state index in [2.05, 4.69) is 10.2 Å². The maximum Gasteiger partial charge on any atom is 0.405 e. The van der Waals surface area contributed by atoms with Crippen LogP contribution in [0.25, 0.3) is 0 Å². The minimum absolute atomic E-state index is 0.295. The van der Waals surface area contributed by atoms with Crippen molar-refractivity contribution in [1.29, 1.82) is 0 Å². The standard InChI is InChI=1S/C10H17F3N4O/c11-10(12,13)7-15-9(18)17-5-8(6-17)16-3-1-14-2-4-16/h8,14H,1-7H2,(H,15,18). The Morgan fingerprint density at radius 2 is 1.89 bits per heavy atom. The van der Waals surface area contributed by atoms with Crippen LogP contribution in [0.1, 0.15) is 0 Å². The molecule has 0 aromatic heterocycles. The van der Waals surface area contributed by atoms with Gasteiger partial charge in [-0.3, -0.25) is 4.90 Å². The minimum Gasteiger partial charge on any atom is -0.329 e. The van der Waals surface area contributed by atoms with Gasteiger partial charge in [0, 0.05) is 45.3 Å². The first kappa shape index (κ1) is 13.4. The van der Waals surface area contributed by atoms with Crippen molar-refractivity contribution in [3.63, 3.8) is 0 Å². The van der Waals surface area contributed by atoms with E-state index in [0.29, 0.717) is 19.1 Å². The molecule has 2 N–H and O–H groups in total. The molecule has 8 heteroatoms. The number of likely N-dealkylation sites (tertiary alicyclic amines) is 1. The van der Waals surface area contributed by atoms with Crippen molar-refractivity contribution in [3.8, 4) is 0 Å². The van der Waals surface area contributed by atoms with E-state index in [4.69, 9.17) is 0 Å². The van der Waals surface area contributed by atoms with E-state index in [1.54, 1.807) is 0 Å². The molecule has 0 saturated carbocycles. The summed E-state index contributed by atoms with van der Waals surface area (Å²) in [6, 6.07) is -0.331. The maximum absolute atomic E-state index is 11.9. The minimum atomic E-state index is -4.35. The van der Waals surface area contributed by atoms with Crippen LogP contribution in [0, 0.1) is 0 Å². The second-order valence-electron chi connectivity index (χ2n) is 4.62. The van der Waals surface area contributed by atoms with Gasteiger partial charge in [-0.05, 0) is 0 Å². The SMILES string of the molecule is O=C(NCC(F)(F)F)N1CC(N2CCNCC2)C1. The molecule has 2 heterocycles. The highest BCUT2D eigenvalue weighted by Crippen LogP contribution is 2.16. The third-order valence-electron chi connectivity index (χ3n) is 3.26. The van der Waals surface area contributed by atoms with Crippen molar-refractivity contribution in [2.45, 2.75) is 12.2 Å². The zero-order valence-corrected chi connectivity index (χ0v) is 9.96. The molecule has 2 amide bonds. The van der Waals surface area contributed by atoms with E-state index < -0.39 is 18.8 Å². The number of piperazine rings is 1. The lowest BCUT2D eigenvalue weighted by Gasteiger charge is -2.46. The Morgan fingerprint density at radius 1 is 1.28 bits per heavy atom. The molecular formula is C10H17F3N4O. The molecule has 2 aliphatic heterocycles. The molecule has 0 spiro atoms. The third kappa shape index (κ3) is 3.49. The van der Waals surface area contributed by atoms with Gasteiger partial charge in [-0.15, -0.1) is 0 Å². The van der Waals surface area contributed by atoms with Crippen molar-refractivity contribution in [1.82, 2.24) is 20.4 Å². The zero-order valence-electron chi connectivity index (χ0n) is 9.96. The van der Waals surface area contributed by atoms with E-state index in [9.17, 15) is 18.0 Å². The largest absolute Gasteiger partial charge is 0.405 e. The van der Waals surface area contributed by atoms with Gasteiger partial charge in [0.1, 0.15) is 6.54 Å². The van der Waals surface area contributed by atoms with Crippen molar-refractivity contribution in [2.75, 3.05) is 45.8 Å². The molecule has 0 bridgehead atoms. The van der Waals surface area contributed by atoms with E-state index in [-0.39, 0.29) is 0 Å². The quantitative estimate of drug-likeness (QED) is 0.730. The van der Waals surface area contributed by atoms with E-state index in [0.717, 1.165) is 26.2 Å². The highest BCUT2D eigenvalue weighted by molar-refractivity contribution is 5.75. The lowest BCUT2D eigenvalue weighted by atomic mass is 10.1. The predicted molar refractivity (Wildman–Crippen MR) is 59.3 cm³/mol. The average molecular weight is 266 g/mol. The van der Waals surface area contributed by atoms with Gasteiger partial charge in [0.2, 0.25) is 0 Å². The molecule has 0 aliphatic carbocycles. The molecule has 0 atom stereocenters. The Bertz CT molecular complexity index is 298. The predicted octanol–water partition coefficient (Wildman–Crippen LogP) is -0.152. The summed E-state index contributed by atoms with van der Waals surface area (Å²) in [5.74, 6) is 0. The topological polar surface area (TPSA) is 47.6 Å². The monoisotopic (exact) mass is 266 g/mol. The molecular weight excluding hydrogens is 249 g/mol. The maximum atomic E-state index is 11.9. The van der Waals surface area contributed by atoms with E-state index >= 15 is 0 Å². The number of nitrogens with zero attached hydrogens (tertiary/aromatic N) is 2. The number of carbonyl (C=O) groups is 1. The number of amides is 2. The highest BCUT2D eigenvalue weighted by atomic mass is 19.4. The smallest absolute Gasteiger partial charge is 0.329 e. The van der Waals surface area contributed by atoms with Gasteiger partial charge in [-0.2, -0.15) is 13.2 Å². The molecule has 2 aliphatic rings. The number of rotatable bonds is 2. The number of carbonyl (C=O) groups excluding carboxylic acids is 1. The first-order valence-corrected chi connectivity index (χ1v) is 6.00.